The van der Waals surface area contributed by atoms with Crippen LogP contribution in [-0.4, -0.2) is 34.1 Å². The standard InChI is InChI=1S/C9H19N3O2S/c13-15(14,12-9-1-2-9)11-6-4-8-3-5-10-7-8/h8-12H,1-7H2. The summed E-state index contributed by atoms with van der Waals surface area (Å²) in [4.78, 5) is 0. The highest BCUT2D eigenvalue weighted by atomic mass is 32.2. The Morgan fingerprint density at radius 1 is 1.27 bits per heavy atom. The van der Waals surface area contributed by atoms with Gasteiger partial charge in [-0.25, -0.2) is 4.72 Å². The molecule has 2 fully saturated rings. The van der Waals surface area contributed by atoms with E-state index in [0.717, 1.165) is 38.8 Å². The van der Waals surface area contributed by atoms with Crippen LogP contribution in [0.2, 0.25) is 0 Å². The quantitative estimate of drug-likeness (QED) is 0.583. The summed E-state index contributed by atoms with van der Waals surface area (Å²) in [7, 11) is -3.23. The second-order valence-corrected chi connectivity index (χ2v) is 5.97. The maximum absolute atomic E-state index is 11.4. The molecule has 0 bridgehead atoms. The fraction of sp³-hybridized carbons (Fsp3) is 1.00. The molecule has 1 saturated carbocycles. The monoisotopic (exact) mass is 233 g/mol. The summed E-state index contributed by atoms with van der Waals surface area (Å²) in [6.45, 7) is 2.64. The van der Waals surface area contributed by atoms with Gasteiger partial charge in [-0.05, 0) is 44.7 Å². The predicted molar refractivity (Wildman–Crippen MR) is 58.7 cm³/mol. The van der Waals surface area contributed by atoms with Crippen LogP contribution in [0.4, 0.5) is 0 Å². The first-order chi connectivity index (χ1) is 7.16. The van der Waals surface area contributed by atoms with Crippen LogP contribution in [0.1, 0.15) is 25.7 Å². The molecule has 1 unspecified atom stereocenters. The molecular weight excluding hydrogens is 214 g/mol. The van der Waals surface area contributed by atoms with Gasteiger partial charge in [-0.2, -0.15) is 13.1 Å². The normalized spacial score (nSPS) is 27.1. The lowest BCUT2D eigenvalue weighted by Gasteiger charge is -2.10. The molecule has 0 aromatic heterocycles. The Bertz CT molecular complexity index is 294. The first-order valence-corrected chi connectivity index (χ1v) is 7.12. The van der Waals surface area contributed by atoms with Crippen molar-refractivity contribution < 1.29 is 8.42 Å². The Morgan fingerprint density at radius 2 is 2.07 bits per heavy atom. The van der Waals surface area contributed by atoms with Crippen LogP contribution < -0.4 is 14.8 Å². The molecule has 1 aliphatic heterocycles. The van der Waals surface area contributed by atoms with Gasteiger partial charge in [0.1, 0.15) is 0 Å². The minimum atomic E-state index is -3.23. The molecule has 6 heteroatoms. The van der Waals surface area contributed by atoms with Crippen molar-refractivity contribution in [3.63, 3.8) is 0 Å². The van der Waals surface area contributed by atoms with Crippen LogP contribution in [0.3, 0.4) is 0 Å². The van der Waals surface area contributed by atoms with Crippen molar-refractivity contribution in [3.8, 4) is 0 Å². The molecule has 15 heavy (non-hydrogen) atoms. The molecule has 0 aromatic carbocycles. The minimum absolute atomic E-state index is 0.190. The fourth-order valence-corrected chi connectivity index (χ4v) is 2.96. The molecule has 5 nitrogen and oxygen atoms in total. The van der Waals surface area contributed by atoms with Gasteiger partial charge in [-0.1, -0.05) is 0 Å². The van der Waals surface area contributed by atoms with Crippen LogP contribution in [0.25, 0.3) is 0 Å². The topological polar surface area (TPSA) is 70.2 Å². The molecular formula is C9H19N3O2S. The number of rotatable bonds is 6. The van der Waals surface area contributed by atoms with Crippen molar-refractivity contribution >= 4 is 10.2 Å². The fourth-order valence-electron chi connectivity index (χ4n) is 1.82. The van der Waals surface area contributed by atoms with E-state index in [4.69, 9.17) is 0 Å². The summed E-state index contributed by atoms with van der Waals surface area (Å²) >= 11 is 0. The number of nitrogens with one attached hydrogen (secondary N) is 3. The maximum Gasteiger partial charge on any atom is 0.277 e. The summed E-state index contributed by atoms with van der Waals surface area (Å²) < 4.78 is 28.0. The van der Waals surface area contributed by atoms with E-state index in [1.807, 2.05) is 0 Å². The highest BCUT2D eigenvalue weighted by molar-refractivity contribution is 7.87. The summed E-state index contributed by atoms with van der Waals surface area (Å²) in [5.41, 5.74) is 0. The minimum Gasteiger partial charge on any atom is -0.316 e. The van der Waals surface area contributed by atoms with Crippen molar-refractivity contribution in [2.75, 3.05) is 19.6 Å². The zero-order chi connectivity index (χ0) is 10.7. The largest absolute Gasteiger partial charge is 0.316 e. The van der Waals surface area contributed by atoms with Gasteiger partial charge in [0.2, 0.25) is 0 Å². The molecule has 0 aromatic rings. The van der Waals surface area contributed by atoms with Crippen LogP contribution in [0, 0.1) is 5.92 Å². The van der Waals surface area contributed by atoms with E-state index in [9.17, 15) is 8.42 Å². The SMILES string of the molecule is O=S(=O)(NCCC1CCNC1)NC1CC1. The van der Waals surface area contributed by atoms with Gasteiger partial charge in [-0.15, -0.1) is 0 Å². The average Bonchev–Trinajstić information content (AvgIpc) is 2.81. The van der Waals surface area contributed by atoms with E-state index in [2.05, 4.69) is 14.8 Å². The molecule has 0 radical (unpaired) electrons. The molecule has 2 aliphatic rings. The van der Waals surface area contributed by atoms with Crippen molar-refractivity contribution in [1.29, 1.82) is 0 Å². The van der Waals surface area contributed by atoms with E-state index < -0.39 is 10.2 Å². The molecule has 0 amide bonds. The second-order valence-electron chi connectivity index (χ2n) is 4.44. The summed E-state index contributed by atoms with van der Waals surface area (Å²) in [5, 5.41) is 3.27. The highest BCUT2D eigenvalue weighted by Crippen LogP contribution is 2.19. The Balaban J connectivity index is 1.63. The Kier molecular flexibility index (Phi) is 3.60. The van der Waals surface area contributed by atoms with Crippen LogP contribution in [-0.2, 0) is 10.2 Å². The maximum atomic E-state index is 11.4. The van der Waals surface area contributed by atoms with E-state index in [1.165, 1.54) is 0 Å². The molecule has 1 aliphatic carbocycles. The molecule has 1 saturated heterocycles. The Labute approximate surface area is 91.2 Å². The van der Waals surface area contributed by atoms with Gasteiger partial charge in [0, 0.05) is 12.6 Å². The first kappa shape index (κ1) is 11.3. The van der Waals surface area contributed by atoms with Crippen molar-refractivity contribution in [3.05, 3.63) is 0 Å². The number of hydrogen-bond acceptors (Lipinski definition) is 3. The zero-order valence-corrected chi connectivity index (χ0v) is 9.65. The van der Waals surface area contributed by atoms with Gasteiger partial charge >= 0.3 is 0 Å². The van der Waals surface area contributed by atoms with Gasteiger partial charge in [0.05, 0.1) is 0 Å². The molecule has 1 atom stereocenters. The molecule has 88 valence electrons. The lowest BCUT2D eigenvalue weighted by Crippen LogP contribution is -2.38. The van der Waals surface area contributed by atoms with Crippen molar-refractivity contribution in [1.82, 2.24) is 14.8 Å². The lowest BCUT2D eigenvalue weighted by atomic mass is 10.1. The van der Waals surface area contributed by atoms with Crippen molar-refractivity contribution in [2.45, 2.75) is 31.7 Å². The zero-order valence-electron chi connectivity index (χ0n) is 8.83. The summed E-state index contributed by atoms with van der Waals surface area (Å²) in [6, 6.07) is 0.190. The second kappa shape index (κ2) is 4.78. The lowest BCUT2D eigenvalue weighted by molar-refractivity contribution is 0.515. The average molecular weight is 233 g/mol. The predicted octanol–water partition coefficient (Wildman–Crippen LogP) is -0.428. The summed E-state index contributed by atoms with van der Waals surface area (Å²) in [6.07, 6.45) is 4.05. The van der Waals surface area contributed by atoms with Crippen LogP contribution in [0.15, 0.2) is 0 Å². The Hall–Kier alpha value is -0.170. The van der Waals surface area contributed by atoms with Gasteiger partial charge in [-0.3, -0.25) is 0 Å². The van der Waals surface area contributed by atoms with Crippen LogP contribution >= 0.6 is 0 Å². The first-order valence-electron chi connectivity index (χ1n) is 5.63. The smallest absolute Gasteiger partial charge is 0.277 e. The third kappa shape index (κ3) is 4.06. The van der Waals surface area contributed by atoms with Crippen LogP contribution in [0.5, 0.6) is 0 Å². The third-order valence-corrected chi connectivity index (χ3v) is 4.13. The molecule has 0 spiro atoms. The summed E-state index contributed by atoms with van der Waals surface area (Å²) in [5.74, 6) is 0.633. The van der Waals surface area contributed by atoms with Gasteiger partial charge in [0.15, 0.2) is 0 Å². The van der Waals surface area contributed by atoms with E-state index in [0.29, 0.717) is 12.5 Å². The van der Waals surface area contributed by atoms with E-state index >= 15 is 0 Å². The Morgan fingerprint density at radius 3 is 2.67 bits per heavy atom. The molecule has 1 heterocycles. The molecule has 2 rings (SSSR count). The van der Waals surface area contributed by atoms with Crippen molar-refractivity contribution in [2.24, 2.45) is 5.92 Å². The van der Waals surface area contributed by atoms with E-state index in [-0.39, 0.29) is 6.04 Å². The third-order valence-electron chi connectivity index (χ3n) is 2.91. The van der Waals surface area contributed by atoms with Gasteiger partial charge in [0.25, 0.3) is 10.2 Å². The van der Waals surface area contributed by atoms with Gasteiger partial charge < -0.3 is 5.32 Å². The molecule has 3 N–H and O–H groups in total. The highest BCUT2D eigenvalue weighted by Gasteiger charge is 2.26. The van der Waals surface area contributed by atoms with E-state index in [1.54, 1.807) is 0 Å². The number of hydrogen-bond donors (Lipinski definition) is 3.